The Hall–Kier alpha value is -4.43. The molecule has 0 atom stereocenters. The van der Waals surface area contributed by atoms with E-state index in [1.54, 1.807) is 19.3 Å². The average Bonchev–Trinajstić information content (AvgIpc) is 3.31. The lowest BCUT2D eigenvalue weighted by Gasteiger charge is -2.14. The standard InChI is InChI=1S/C29H39N9O2/c1-6-16-31-28-23(19-32-29(35-28)34-24-14-10-13-22-20-33-38(5)27(22)24)12-8-7-9-17-30-25(39)21-37(4)26(40)15-11-18-36(2)3/h10-11,13-15,19-20H,6-7,9,16-18,21H2,1-5H3,(H,30,39)(H2,31,32,34,35)/b15-11+. The molecule has 11 nitrogen and oxygen atoms in total. The van der Waals surface area contributed by atoms with Crippen LogP contribution in [0, 0.1) is 11.8 Å². The van der Waals surface area contributed by atoms with Crippen molar-refractivity contribution in [1.82, 2.24) is 34.9 Å². The van der Waals surface area contributed by atoms with Gasteiger partial charge in [-0.2, -0.15) is 10.1 Å². The van der Waals surface area contributed by atoms with Gasteiger partial charge in [-0.15, -0.1) is 0 Å². The number of likely N-dealkylation sites (N-methyl/N-ethyl adjacent to an activating group) is 2. The Balaban J connectivity index is 1.52. The number of hydrogen-bond donors (Lipinski definition) is 3. The van der Waals surface area contributed by atoms with Gasteiger partial charge in [0.25, 0.3) is 0 Å². The molecule has 0 aliphatic carbocycles. The summed E-state index contributed by atoms with van der Waals surface area (Å²) in [5.74, 6) is 7.04. The van der Waals surface area contributed by atoms with Gasteiger partial charge in [0, 0.05) is 51.6 Å². The lowest BCUT2D eigenvalue weighted by atomic mass is 10.2. The van der Waals surface area contributed by atoms with E-state index in [-0.39, 0.29) is 18.4 Å². The molecule has 3 aromatic rings. The van der Waals surface area contributed by atoms with Crippen LogP contribution in [-0.2, 0) is 16.6 Å². The van der Waals surface area contributed by atoms with E-state index in [0.29, 0.717) is 43.3 Å². The normalized spacial score (nSPS) is 10.9. The van der Waals surface area contributed by atoms with Crippen molar-refractivity contribution in [1.29, 1.82) is 0 Å². The number of rotatable bonds is 13. The number of para-hydroxylation sites is 1. The lowest BCUT2D eigenvalue weighted by molar-refractivity contribution is -0.131. The summed E-state index contributed by atoms with van der Waals surface area (Å²) in [6.07, 6.45) is 9.03. The van der Waals surface area contributed by atoms with Gasteiger partial charge in [0.05, 0.1) is 35.7 Å². The second-order valence-electron chi connectivity index (χ2n) is 9.63. The summed E-state index contributed by atoms with van der Waals surface area (Å²) in [5.41, 5.74) is 2.56. The minimum atomic E-state index is -0.201. The summed E-state index contributed by atoms with van der Waals surface area (Å²) in [6, 6.07) is 5.95. The molecule has 2 aromatic heterocycles. The molecule has 40 heavy (non-hydrogen) atoms. The van der Waals surface area contributed by atoms with Gasteiger partial charge >= 0.3 is 0 Å². The number of hydrogen-bond acceptors (Lipinski definition) is 8. The van der Waals surface area contributed by atoms with Gasteiger partial charge in [-0.1, -0.05) is 37.0 Å². The Morgan fingerprint density at radius 1 is 1.15 bits per heavy atom. The van der Waals surface area contributed by atoms with E-state index in [2.05, 4.69) is 49.8 Å². The molecule has 0 saturated carbocycles. The smallest absolute Gasteiger partial charge is 0.246 e. The van der Waals surface area contributed by atoms with E-state index in [1.807, 2.05) is 55.1 Å². The number of nitrogens with one attached hydrogen (secondary N) is 3. The highest BCUT2D eigenvalue weighted by molar-refractivity contribution is 5.92. The van der Waals surface area contributed by atoms with Crippen LogP contribution >= 0.6 is 0 Å². The zero-order chi connectivity index (χ0) is 28.9. The predicted molar refractivity (Wildman–Crippen MR) is 159 cm³/mol. The van der Waals surface area contributed by atoms with Crippen LogP contribution in [0.5, 0.6) is 0 Å². The fourth-order valence-electron chi connectivity index (χ4n) is 3.77. The fraction of sp³-hybridized carbons (Fsp3) is 0.414. The van der Waals surface area contributed by atoms with E-state index < -0.39 is 0 Å². The van der Waals surface area contributed by atoms with Crippen LogP contribution < -0.4 is 16.0 Å². The van der Waals surface area contributed by atoms with Gasteiger partial charge in [0.1, 0.15) is 5.82 Å². The van der Waals surface area contributed by atoms with Crippen molar-refractivity contribution in [2.24, 2.45) is 7.05 Å². The van der Waals surface area contributed by atoms with Crippen LogP contribution in [0.4, 0.5) is 17.5 Å². The molecule has 0 saturated heterocycles. The molecule has 0 aliphatic heterocycles. The number of carbonyl (C=O) groups excluding carboxylic acids is 2. The topological polar surface area (TPSA) is 120 Å². The fourth-order valence-corrected chi connectivity index (χ4v) is 3.77. The molecule has 0 spiro atoms. The highest BCUT2D eigenvalue weighted by Crippen LogP contribution is 2.25. The lowest BCUT2D eigenvalue weighted by Crippen LogP contribution is -2.38. The second kappa shape index (κ2) is 15.2. The van der Waals surface area contributed by atoms with Crippen LogP contribution in [0.15, 0.2) is 42.7 Å². The molecule has 0 unspecified atom stereocenters. The van der Waals surface area contributed by atoms with Gasteiger partial charge in [-0.25, -0.2) is 4.98 Å². The van der Waals surface area contributed by atoms with Crippen molar-refractivity contribution in [2.75, 3.05) is 58.0 Å². The predicted octanol–water partition coefficient (Wildman–Crippen LogP) is 2.75. The number of aryl methyl sites for hydroxylation is 1. The second-order valence-corrected chi connectivity index (χ2v) is 9.63. The minimum absolute atomic E-state index is 0.0100. The van der Waals surface area contributed by atoms with E-state index in [0.717, 1.165) is 29.6 Å². The Kier molecular flexibility index (Phi) is 11.5. The van der Waals surface area contributed by atoms with Gasteiger partial charge in [0.2, 0.25) is 17.8 Å². The largest absolute Gasteiger partial charge is 0.369 e. The van der Waals surface area contributed by atoms with Crippen molar-refractivity contribution in [2.45, 2.75) is 26.2 Å². The van der Waals surface area contributed by atoms with Crippen LogP contribution in [0.2, 0.25) is 0 Å². The molecule has 3 N–H and O–H groups in total. The van der Waals surface area contributed by atoms with Crippen LogP contribution in [0.1, 0.15) is 31.7 Å². The summed E-state index contributed by atoms with van der Waals surface area (Å²) >= 11 is 0. The molecule has 212 valence electrons. The number of fused-ring (bicyclic) bond motifs is 1. The van der Waals surface area contributed by atoms with Gasteiger partial charge in [-0.05, 0) is 33.0 Å². The van der Waals surface area contributed by atoms with Gasteiger partial charge in [-0.3, -0.25) is 14.3 Å². The summed E-state index contributed by atoms with van der Waals surface area (Å²) < 4.78 is 1.82. The number of unbranched alkanes of at least 4 members (excludes halogenated alkanes) is 1. The van der Waals surface area contributed by atoms with E-state index >= 15 is 0 Å². The van der Waals surface area contributed by atoms with Crippen LogP contribution in [0.25, 0.3) is 10.9 Å². The van der Waals surface area contributed by atoms with E-state index in [9.17, 15) is 9.59 Å². The molecule has 0 bridgehead atoms. The monoisotopic (exact) mass is 545 g/mol. The van der Waals surface area contributed by atoms with Crippen molar-refractivity contribution >= 4 is 40.2 Å². The molecule has 0 fully saturated rings. The highest BCUT2D eigenvalue weighted by atomic mass is 16.2. The first-order chi connectivity index (χ1) is 19.3. The average molecular weight is 546 g/mol. The van der Waals surface area contributed by atoms with Gasteiger partial charge in [0.15, 0.2) is 0 Å². The highest BCUT2D eigenvalue weighted by Gasteiger charge is 2.11. The zero-order valence-electron chi connectivity index (χ0n) is 24.0. The quantitative estimate of drug-likeness (QED) is 0.170. The molecular weight excluding hydrogens is 506 g/mol. The van der Waals surface area contributed by atoms with E-state index in [4.69, 9.17) is 0 Å². The Morgan fingerprint density at radius 2 is 1.98 bits per heavy atom. The van der Waals surface area contributed by atoms with E-state index in [1.165, 1.54) is 11.0 Å². The SMILES string of the molecule is CCCNc1nc(Nc2cccc3cnn(C)c23)ncc1C#CCCCNC(=O)CN(C)C(=O)/C=C/CN(C)C. The van der Waals surface area contributed by atoms with Crippen molar-refractivity contribution in [3.05, 3.63) is 48.3 Å². The summed E-state index contributed by atoms with van der Waals surface area (Å²) in [6.45, 7) is 4.00. The van der Waals surface area contributed by atoms with Gasteiger partial charge < -0.3 is 25.8 Å². The van der Waals surface area contributed by atoms with Crippen LogP contribution in [-0.4, -0.2) is 88.7 Å². The van der Waals surface area contributed by atoms with Crippen LogP contribution in [0.3, 0.4) is 0 Å². The summed E-state index contributed by atoms with van der Waals surface area (Å²) in [7, 11) is 7.36. The maximum atomic E-state index is 12.2. The molecule has 2 heterocycles. The summed E-state index contributed by atoms with van der Waals surface area (Å²) in [5, 5.41) is 14.8. The summed E-state index contributed by atoms with van der Waals surface area (Å²) in [4.78, 5) is 36.7. The maximum absolute atomic E-state index is 12.2. The number of nitrogens with zero attached hydrogens (tertiary/aromatic N) is 6. The molecule has 11 heteroatoms. The Morgan fingerprint density at radius 3 is 2.75 bits per heavy atom. The first-order valence-corrected chi connectivity index (χ1v) is 13.4. The maximum Gasteiger partial charge on any atom is 0.246 e. The third kappa shape index (κ3) is 9.10. The number of carbonyl (C=O) groups is 2. The number of anilines is 3. The first kappa shape index (κ1) is 30.1. The Labute approximate surface area is 236 Å². The van der Waals surface area contributed by atoms with Crippen molar-refractivity contribution in [3.8, 4) is 11.8 Å². The van der Waals surface area contributed by atoms with Crippen molar-refractivity contribution < 1.29 is 9.59 Å². The minimum Gasteiger partial charge on any atom is -0.369 e. The molecule has 1 aromatic carbocycles. The van der Waals surface area contributed by atoms with Crippen molar-refractivity contribution in [3.63, 3.8) is 0 Å². The molecule has 3 rings (SSSR count). The molecule has 2 amide bonds. The Bertz CT molecular complexity index is 1390. The molecule has 0 radical (unpaired) electrons. The molecule has 0 aliphatic rings. The number of benzene rings is 1. The third-order valence-electron chi connectivity index (χ3n) is 5.85. The molecular formula is C29H39N9O2. The third-order valence-corrected chi connectivity index (χ3v) is 5.85. The number of aromatic nitrogens is 4. The zero-order valence-corrected chi connectivity index (χ0v) is 24.0. The first-order valence-electron chi connectivity index (χ1n) is 13.4. The number of amides is 2.